The van der Waals surface area contributed by atoms with E-state index in [1.54, 1.807) is 6.33 Å². The van der Waals surface area contributed by atoms with Gasteiger partial charge in [-0.1, -0.05) is 6.07 Å². The minimum Gasteiger partial charge on any atom is -0.345 e. The number of halogens is 1. The largest absolute Gasteiger partial charge is 0.345 e. The first kappa shape index (κ1) is 12.4. The van der Waals surface area contributed by atoms with Crippen molar-refractivity contribution < 1.29 is 0 Å². The lowest BCUT2D eigenvalue weighted by Gasteiger charge is -2.15. The van der Waals surface area contributed by atoms with Crippen molar-refractivity contribution >= 4 is 22.6 Å². The molecule has 92 valence electrons. The molecular weight excluding hydrogens is 234 g/mol. The van der Waals surface area contributed by atoms with E-state index in [-0.39, 0.29) is 0 Å². The second-order valence-corrected chi connectivity index (χ2v) is 4.73. The molecule has 3 nitrogen and oxygen atoms in total. The maximum atomic E-state index is 5.68. The van der Waals surface area contributed by atoms with E-state index in [4.69, 9.17) is 11.6 Å². The van der Waals surface area contributed by atoms with Crippen LogP contribution in [-0.2, 0) is 6.42 Å². The van der Waals surface area contributed by atoms with Crippen molar-refractivity contribution in [2.75, 3.05) is 26.0 Å². The van der Waals surface area contributed by atoms with E-state index in [0.717, 1.165) is 42.8 Å². The fraction of sp³-hybridized carbons (Fsp3) is 0.462. The quantitative estimate of drug-likeness (QED) is 0.801. The summed E-state index contributed by atoms with van der Waals surface area (Å²) in [6, 6.07) is 6.40. The van der Waals surface area contributed by atoms with Crippen molar-refractivity contribution in [2.45, 2.75) is 12.8 Å². The Hall–Kier alpha value is -1.06. The molecule has 2 rings (SSSR count). The number of fused-ring (bicyclic) bond motifs is 1. The Balaban J connectivity index is 1.89. The molecule has 0 fully saturated rings. The van der Waals surface area contributed by atoms with Crippen LogP contribution in [0.3, 0.4) is 0 Å². The highest BCUT2D eigenvalue weighted by Crippen LogP contribution is 2.12. The fourth-order valence-electron chi connectivity index (χ4n) is 1.90. The number of likely N-dealkylation sites (N-methyl/N-ethyl adjacent to an activating group) is 1. The number of rotatable bonds is 6. The Morgan fingerprint density at radius 1 is 1.35 bits per heavy atom. The van der Waals surface area contributed by atoms with Gasteiger partial charge in [0.2, 0.25) is 0 Å². The molecule has 1 N–H and O–H groups in total. The topological polar surface area (TPSA) is 31.9 Å². The minimum atomic E-state index is 0.741. The van der Waals surface area contributed by atoms with Gasteiger partial charge in [0.1, 0.15) is 0 Å². The van der Waals surface area contributed by atoms with Crippen molar-refractivity contribution in [3.63, 3.8) is 0 Å². The van der Waals surface area contributed by atoms with Crippen molar-refractivity contribution in [1.29, 1.82) is 0 Å². The van der Waals surface area contributed by atoms with Crippen LogP contribution in [0.4, 0.5) is 0 Å². The zero-order valence-electron chi connectivity index (χ0n) is 10.1. The highest BCUT2D eigenvalue weighted by molar-refractivity contribution is 6.17. The molecule has 0 atom stereocenters. The van der Waals surface area contributed by atoms with Crippen LogP contribution in [-0.4, -0.2) is 40.9 Å². The highest BCUT2D eigenvalue weighted by atomic mass is 35.5. The summed E-state index contributed by atoms with van der Waals surface area (Å²) in [7, 11) is 2.14. The van der Waals surface area contributed by atoms with Crippen molar-refractivity contribution in [1.82, 2.24) is 14.9 Å². The van der Waals surface area contributed by atoms with Gasteiger partial charge < -0.3 is 9.88 Å². The van der Waals surface area contributed by atoms with Gasteiger partial charge in [-0.05, 0) is 44.1 Å². The smallest absolute Gasteiger partial charge is 0.0931 e. The summed E-state index contributed by atoms with van der Waals surface area (Å²) in [6.45, 7) is 2.13. The normalized spacial score (nSPS) is 11.5. The monoisotopic (exact) mass is 251 g/mol. The summed E-state index contributed by atoms with van der Waals surface area (Å²) in [6.07, 6.45) is 3.85. The molecule has 0 saturated heterocycles. The molecular formula is C13H18ClN3. The third-order valence-electron chi connectivity index (χ3n) is 2.94. The Bertz CT molecular complexity index is 466. The van der Waals surface area contributed by atoms with Gasteiger partial charge in [0.25, 0.3) is 0 Å². The predicted molar refractivity (Wildman–Crippen MR) is 72.6 cm³/mol. The summed E-state index contributed by atoms with van der Waals surface area (Å²) < 4.78 is 0. The van der Waals surface area contributed by atoms with E-state index < -0.39 is 0 Å². The van der Waals surface area contributed by atoms with Gasteiger partial charge in [0, 0.05) is 12.4 Å². The molecule has 4 heteroatoms. The lowest BCUT2D eigenvalue weighted by Crippen LogP contribution is -2.22. The Morgan fingerprint density at radius 3 is 3.06 bits per heavy atom. The summed E-state index contributed by atoms with van der Waals surface area (Å²) in [5, 5.41) is 0. The van der Waals surface area contributed by atoms with Crippen LogP contribution >= 0.6 is 11.6 Å². The first-order valence-electron chi connectivity index (χ1n) is 5.96. The van der Waals surface area contributed by atoms with E-state index in [1.165, 1.54) is 5.56 Å². The summed E-state index contributed by atoms with van der Waals surface area (Å²) in [5.41, 5.74) is 3.50. The second-order valence-electron chi connectivity index (χ2n) is 4.35. The maximum Gasteiger partial charge on any atom is 0.0931 e. The standard InChI is InChI=1S/C13H18ClN3/c1-17(7-2-6-14)8-5-11-3-4-12-13(9-11)16-10-15-12/h3-4,9-10H,2,5-8H2,1H3,(H,15,16). The first-order chi connectivity index (χ1) is 8.29. The van der Waals surface area contributed by atoms with Crippen molar-refractivity contribution in [2.24, 2.45) is 0 Å². The van der Waals surface area contributed by atoms with Gasteiger partial charge in [-0.25, -0.2) is 4.98 Å². The van der Waals surface area contributed by atoms with Crippen molar-refractivity contribution in [3.8, 4) is 0 Å². The Morgan fingerprint density at radius 2 is 2.24 bits per heavy atom. The SMILES string of the molecule is CN(CCCCl)CCc1ccc2nc[nH]c2c1. The number of aromatic nitrogens is 2. The average molecular weight is 252 g/mol. The van der Waals surface area contributed by atoms with Crippen LogP contribution in [0, 0.1) is 0 Å². The molecule has 0 aliphatic carbocycles. The van der Waals surface area contributed by atoms with Crippen molar-refractivity contribution in [3.05, 3.63) is 30.1 Å². The predicted octanol–water partition coefficient (Wildman–Crippen LogP) is 2.67. The number of nitrogens with one attached hydrogen (secondary N) is 1. The van der Waals surface area contributed by atoms with Gasteiger partial charge in [-0.2, -0.15) is 0 Å². The average Bonchev–Trinajstić information content (AvgIpc) is 2.81. The third-order valence-corrected chi connectivity index (χ3v) is 3.21. The molecule has 1 aromatic carbocycles. The molecule has 0 saturated carbocycles. The summed E-state index contributed by atoms with van der Waals surface area (Å²) >= 11 is 5.68. The number of nitrogens with zero attached hydrogens (tertiary/aromatic N) is 2. The number of alkyl halides is 1. The summed E-state index contributed by atoms with van der Waals surface area (Å²) in [5.74, 6) is 0.741. The van der Waals surface area contributed by atoms with Crippen LogP contribution in [0.25, 0.3) is 11.0 Å². The number of benzene rings is 1. The molecule has 17 heavy (non-hydrogen) atoms. The van der Waals surface area contributed by atoms with Gasteiger partial charge >= 0.3 is 0 Å². The Kier molecular flexibility index (Phi) is 4.40. The molecule has 1 aromatic heterocycles. The molecule has 0 amide bonds. The van der Waals surface area contributed by atoms with E-state index in [0.29, 0.717) is 0 Å². The molecule has 0 spiro atoms. The summed E-state index contributed by atoms with van der Waals surface area (Å²) in [4.78, 5) is 9.67. The van der Waals surface area contributed by atoms with E-state index in [2.05, 4.69) is 40.1 Å². The number of hydrogen-bond acceptors (Lipinski definition) is 2. The highest BCUT2D eigenvalue weighted by Gasteiger charge is 2.01. The van der Waals surface area contributed by atoms with E-state index >= 15 is 0 Å². The lowest BCUT2D eigenvalue weighted by atomic mass is 10.1. The fourth-order valence-corrected chi connectivity index (χ4v) is 2.02. The minimum absolute atomic E-state index is 0.741. The van der Waals surface area contributed by atoms with Gasteiger partial charge in [-0.3, -0.25) is 0 Å². The van der Waals surface area contributed by atoms with Crippen LogP contribution in [0.15, 0.2) is 24.5 Å². The molecule has 0 aliphatic rings. The Labute approximate surface area is 107 Å². The number of imidazole rings is 1. The molecule has 0 aliphatic heterocycles. The number of aromatic amines is 1. The number of hydrogen-bond donors (Lipinski definition) is 1. The number of H-pyrrole nitrogens is 1. The molecule has 2 aromatic rings. The van der Waals surface area contributed by atoms with Crippen LogP contribution in [0.2, 0.25) is 0 Å². The second kappa shape index (κ2) is 6.03. The van der Waals surface area contributed by atoms with Crippen LogP contribution in [0.5, 0.6) is 0 Å². The van der Waals surface area contributed by atoms with E-state index in [1.807, 2.05) is 0 Å². The zero-order chi connectivity index (χ0) is 12.1. The molecule has 0 radical (unpaired) electrons. The van der Waals surface area contributed by atoms with Crippen LogP contribution < -0.4 is 0 Å². The van der Waals surface area contributed by atoms with Crippen LogP contribution in [0.1, 0.15) is 12.0 Å². The van der Waals surface area contributed by atoms with Gasteiger partial charge in [0.15, 0.2) is 0 Å². The molecule has 0 bridgehead atoms. The molecule has 0 unspecified atom stereocenters. The lowest BCUT2D eigenvalue weighted by molar-refractivity contribution is 0.340. The van der Waals surface area contributed by atoms with Gasteiger partial charge in [0.05, 0.1) is 17.4 Å². The van der Waals surface area contributed by atoms with Gasteiger partial charge in [-0.15, -0.1) is 11.6 Å². The molecule has 1 heterocycles. The first-order valence-corrected chi connectivity index (χ1v) is 6.49. The zero-order valence-corrected chi connectivity index (χ0v) is 10.9. The third kappa shape index (κ3) is 3.45. The van der Waals surface area contributed by atoms with E-state index in [9.17, 15) is 0 Å². The maximum absolute atomic E-state index is 5.68.